The van der Waals surface area contributed by atoms with Crippen LogP contribution in [0.4, 0.5) is 0 Å². The number of carbonyl (C=O) groups is 1. The Balaban J connectivity index is 2.29. The quantitative estimate of drug-likeness (QED) is 0.745. The number of rotatable bonds is 3. The van der Waals surface area contributed by atoms with Gasteiger partial charge in [0, 0.05) is 5.56 Å². The number of carbonyl (C=O) groups excluding carboxylic acids is 1. The molecule has 0 aliphatic carbocycles. The molecule has 0 amide bonds. The third kappa shape index (κ3) is 2.31. The molecule has 2 nitrogen and oxygen atoms in total. The van der Waals surface area contributed by atoms with Crippen LogP contribution in [0.3, 0.4) is 0 Å². The summed E-state index contributed by atoms with van der Waals surface area (Å²) in [5.74, 6) is 1.17. The van der Waals surface area contributed by atoms with Gasteiger partial charge in [0.1, 0.15) is 5.76 Å². The second-order valence-electron chi connectivity index (χ2n) is 4.50. The van der Waals surface area contributed by atoms with Gasteiger partial charge in [-0.15, -0.1) is 0 Å². The molecule has 0 aliphatic heterocycles. The van der Waals surface area contributed by atoms with Crippen molar-refractivity contribution in [2.75, 3.05) is 0 Å². The van der Waals surface area contributed by atoms with Crippen LogP contribution in [0.2, 0.25) is 0 Å². The average molecular weight is 228 g/mol. The molecule has 0 saturated heterocycles. The molecule has 1 aromatic carbocycles. The first-order valence-electron chi connectivity index (χ1n) is 5.78. The van der Waals surface area contributed by atoms with E-state index >= 15 is 0 Å². The normalized spacial score (nSPS) is 10.8. The maximum Gasteiger partial charge on any atom is 0.196 e. The highest BCUT2D eigenvalue weighted by molar-refractivity contribution is 6.09. The second kappa shape index (κ2) is 4.58. The highest BCUT2D eigenvalue weighted by Gasteiger charge is 2.13. The van der Waals surface area contributed by atoms with Crippen molar-refractivity contribution in [1.29, 1.82) is 0 Å². The minimum atomic E-state index is 0.0200. The van der Waals surface area contributed by atoms with Gasteiger partial charge in [-0.1, -0.05) is 38.1 Å². The highest BCUT2D eigenvalue weighted by atomic mass is 16.3. The zero-order valence-corrected chi connectivity index (χ0v) is 10.4. The van der Waals surface area contributed by atoms with Crippen molar-refractivity contribution >= 4 is 5.78 Å². The standard InChI is InChI=1S/C15H16O2/c1-10(2)12-4-6-13(7-5-12)15(16)14-8-9-17-11(14)3/h4-10H,1-3H3. The van der Waals surface area contributed by atoms with Crippen molar-refractivity contribution < 1.29 is 9.21 Å². The third-order valence-electron chi connectivity index (χ3n) is 2.94. The first kappa shape index (κ1) is 11.6. The Bertz CT molecular complexity index is 518. The summed E-state index contributed by atoms with van der Waals surface area (Å²) >= 11 is 0. The van der Waals surface area contributed by atoms with Crippen LogP contribution in [0.5, 0.6) is 0 Å². The molecule has 2 aromatic rings. The number of hydrogen-bond acceptors (Lipinski definition) is 2. The van der Waals surface area contributed by atoms with Crippen LogP contribution in [0.25, 0.3) is 0 Å². The molecular weight excluding hydrogens is 212 g/mol. The van der Waals surface area contributed by atoms with Gasteiger partial charge in [0.15, 0.2) is 5.78 Å². The van der Waals surface area contributed by atoms with Crippen LogP contribution in [0.1, 0.15) is 47.0 Å². The van der Waals surface area contributed by atoms with Crippen molar-refractivity contribution in [3.8, 4) is 0 Å². The predicted molar refractivity (Wildman–Crippen MR) is 67.4 cm³/mol. The molecule has 1 heterocycles. The molecule has 0 unspecified atom stereocenters. The number of hydrogen-bond donors (Lipinski definition) is 0. The fourth-order valence-electron chi connectivity index (χ4n) is 1.80. The molecule has 17 heavy (non-hydrogen) atoms. The Hall–Kier alpha value is -1.83. The van der Waals surface area contributed by atoms with Gasteiger partial charge in [0.2, 0.25) is 0 Å². The van der Waals surface area contributed by atoms with Gasteiger partial charge in [-0.2, -0.15) is 0 Å². The average Bonchev–Trinajstić information content (AvgIpc) is 2.74. The lowest BCUT2D eigenvalue weighted by Gasteiger charge is -2.06. The molecule has 2 rings (SSSR count). The van der Waals surface area contributed by atoms with Crippen LogP contribution >= 0.6 is 0 Å². The Labute approximate surface area is 101 Å². The minimum Gasteiger partial charge on any atom is -0.469 e. The van der Waals surface area contributed by atoms with E-state index in [-0.39, 0.29) is 5.78 Å². The second-order valence-corrected chi connectivity index (χ2v) is 4.50. The monoisotopic (exact) mass is 228 g/mol. The van der Waals surface area contributed by atoms with E-state index in [1.807, 2.05) is 24.3 Å². The lowest BCUT2D eigenvalue weighted by Crippen LogP contribution is -2.01. The summed E-state index contributed by atoms with van der Waals surface area (Å²) in [7, 11) is 0. The Morgan fingerprint density at radius 1 is 1.12 bits per heavy atom. The van der Waals surface area contributed by atoms with Gasteiger partial charge < -0.3 is 4.42 Å². The van der Waals surface area contributed by atoms with Crippen molar-refractivity contribution in [2.24, 2.45) is 0 Å². The van der Waals surface area contributed by atoms with Crippen molar-refractivity contribution in [3.05, 3.63) is 59.0 Å². The molecule has 88 valence electrons. The Morgan fingerprint density at radius 3 is 2.24 bits per heavy atom. The largest absolute Gasteiger partial charge is 0.469 e. The summed E-state index contributed by atoms with van der Waals surface area (Å²) in [6.45, 7) is 6.07. The summed E-state index contributed by atoms with van der Waals surface area (Å²) in [6.07, 6.45) is 1.55. The van der Waals surface area contributed by atoms with E-state index < -0.39 is 0 Å². The molecule has 0 fully saturated rings. The van der Waals surface area contributed by atoms with Crippen LogP contribution in [-0.2, 0) is 0 Å². The van der Waals surface area contributed by atoms with Gasteiger partial charge in [-0.05, 0) is 24.5 Å². The SMILES string of the molecule is Cc1occc1C(=O)c1ccc(C(C)C)cc1. The maximum atomic E-state index is 12.1. The Morgan fingerprint density at radius 2 is 1.76 bits per heavy atom. The number of furan rings is 1. The van der Waals surface area contributed by atoms with Crippen molar-refractivity contribution in [3.63, 3.8) is 0 Å². The summed E-state index contributed by atoms with van der Waals surface area (Å²) in [5, 5.41) is 0. The zero-order chi connectivity index (χ0) is 12.4. The van der Waals surface area contributed by atoms with E-state index in [0.29, 0.717) is 22.8 Å². The Kier molecular flexibility index (Phi) is 3.14. The third-order valence-corrected chi connectivity index (χ3v) is 2.94. The molecular formula is C15H16O2. The van der Waals surface area contributed by atoms with Crippen LogP contribution in [0, 0.1) is 6.92 Å². The van der Waals surface area contributed by atoms with E-state index in [2.05, 4.69) is 13.8 Å². The van der Waals surface area contributed by atoms with Gasteiger partial charge in [-0.25, -0.2) is 0 Å². The van der Waals surface area contributed by atoms with Crippen molar-refractivity contribution in [2.45, 2.75) is 26.7 Å². The molecule has 0 spiro atoms. The maximum absolute atomic E-state index is 12.1. The molecule has 0 saturated carbocycles. The van der Waals surface area contributed by atoms with Crippen molar-refractivity contribution in [1.82, 2.24) is 0 Å². The van der Waals surface area contributed by atoms with Crippen LogP contribution in [0.15, 0.2) is 41.0 Å². The van der Waals surface area contributed by atoms with Gasteiger partial charge in [0.25, 0.3) is 0 Å². The van der Waals surface area contributed by atoms with Gasteiger partial charge >= 0.3 is 0 Å². The van der Waals surface area contributed by atoms with Gasteiger partial charge in [0.05, 0.1) is 11.8 Å². The van der Waals surface area contributed by atoms with Crippen LogP contribution in [-0.4, -0.2) is 5.78 Å². The number of ketones is 1. The van der Waals surface area contributed by atoms with E-state index in [4.69, 9.17) is 4.42 Å². The summed E-state index contributed by atoms with van der Waals surface area (Å²) in [6, 6.07) is 9.49. The summed E-state index contributed by atoms with van der Waals surface area (Å²) in [4.78, 5) is 12.1. The lowest BCUT2D eigenvalue weighted by atomic mass is 9.98. The van der Waals surface area contributed by atoms with Gasteiger partial charge in [-0.3, -0.25) is 4.79 Å². The molecule has 1 aromatic heterocycles. The topological polar surface area (TPSA) is 30.2 Å². The first-order chi connectivity index (χ1) is 8.09. The van der Waals surface area contributed by atoms with E-state index in [1.54, 1.807) is 19.3 Å². The van der Waals surface area contributed by atoms with E-state index in [1.165, 1.54) is 5.56 Å². The molecule has 0 radical (unpaired) electrons. The minimum absolute atomic E-state index is 0.0200. The lowest BCUT2D eigenvalue weighted by molar-refractivity contribution is 0.103. The fraction of sp³-hybridized carbons (Fsp3) is 0.267. The fourth-order valence-corrected chi connectivity index (χ4v) is 1.80. The predicted octanol–water partition coefficient (Wildman–Crippen LogP) is 3.94. The first-order valence-corrected chi connectivity index (χ1v) is 5.78. The summed E-state index contributed by atoms with van der Waals surface area (Å²) in [5.41, 5.74) is 2.59. The van der Waals surface area contributed by atoms with Crippen LogP contribution < -0.4 is 0 Å². The van der Waals surface area contributed by atoms with E-state index in [9.17, 15) is 4.79 Å². The number of benzene rings is 1. The summed E-state index contributed by atoms with van der Waals surface area (Å²) < 4.78 is 5.15. The molecule has 0 bridgehead atoms. The smallest absolute Gasteiger partial charge is 0.196 e. The molecule has 0 atom stereocenters. The molecule has 2 heteroatoms. The zero-order valence-electron chi connectivity index (χ0n) is 10.4. The number of aryl methyl sites for hydroxylation is 1. The molecule has 0 N–H and O–H groups in total. The van der Waals surface area contributed by atoms with E-state index in [0.717, 1.165) is 0 Å². The molecule has 0 aliphatic rings. The highest BCUT2D eigenvalue weighted by Crippen LogP contribution is 2.18.